The SMILES string of the molecule is Cc1cccnc1CC(N)C1CC1. The molecule has 1 saturated carbocycles. The Morgan fingerprint density at radius 1 is 1.62 bits per heavy atom. The topological polar surface area (TPSA) is 38.9 Å². The van der Waals surface area contributed by atoms with E-state index in [2.05, 4.69) is 18.0 Å². The standard InChI is InChI=1S/C11H16N2/c1-8-3-2-6-13-11(8)7-10(12)9-4-5-9/h2-3,6,9-10H,4-5,7,12H2,1H3. The number of rotatable bonds is 3. The van der Waals surface area contributed by atoms with Gasteiger partial charge in [-0.05, 0) is 37.3 Å². The lowest BCUT2D eigenvalue weighted by atomic mass is 10.0. The highest BCUT2D eigenvalue weighted by atomic mass is 14.7. The monoisotopic (exact) mass is 176 g/mol. The maximum Gasteiger partial charge on any atom is 0.0448 e. The fourth-order valence-corrected chi connectivity index (χ4v) is 1.65. The molecule has 0 aliphatic heterocycles. The van der Waals surface area contributed by atoms with Crippen LogP contribution in [0.4, 0.5) is 0 Å². The molecule has 1 aliphatic carbocycles. The number of aromatic nitrogens is 1. The molecule has 2 nitrogen and oxygen atoms in total. The highest BCUT2D eigenvalue weighted by Gasteiger charge is 2.28. The molecule has 0 amide bonds. The Hall–Kier alpha value is -0.890. The van der Waals surface area contributed by atoms with E-state index in [1.807, 2.05) is 12.3 Å². The molecule has 1 aromatic heterocycles. The van der Waals surface area contributed by atoms with Gasteiger partial charge in [-0.25, -0.2) is 0 Å². The molecule has 0 radical (unpaired) electrons. The van der Waals surface area contributed by atoms with E-state index in [1.54, 1.807) is 0 Å². The fourth-order valence-electron chi connectivity index (χ4n) is 1.65. The number of nitrogens with zero attached hydrogens (tertiary/aromatic N) is 1. The van der Waals surface area contributed by atoms with Crippen LogP contribution in [0.25, 0.3) is 0 Å². The van der Waals surface area contributed by atoms with Crippen LogP contribution in [0, 0.1) is 12.8 Å². The zero-order chi connectivity index (χ0) is 9.26. The van der Waals surface area contributed by atoms with Crippen LogP contribution in [0.2, 0.25) is 0 Å². The van der Waals surface area contributed by atoms with Crippen LogP contribution in [0.15, 0.2) is 18.3 Å². The Morgan fingerprint density at radius 3 is 3.00 bits per heavy atom. The van der Waals surface area contributed by atoms with Crippen molar-refractivity contribution in [2.75, 3.05) is 0 Å². The molecule has 0 bridgehead atoms. The highest BCUT2D eigenvalue weighted by molar-refractivity contribution is 5.18. The van der Waals surface area contributed by atoms with E-state index in [0.717, 1.165) is 12.3 Å². The molecule has 1 unspecified atom stereocenters. The summed E-state index contributed by atoms with van der Waals surface area (Å²) in [5.41, 5.74) is 8.47. The van der Waals surface area contributed by atoms with E-state index in [4.69, 9.17) is 5.73 Å². The first-order valence-corrected chi connectivity index (χ1v) is 4.93. The molecule has 2 N–H and O–H groups in total. The summed E-state index contributed by atoms with van der Waals surface area (Å²) < 4.78 is 0. The van der Waals surface area contributed by atoms with Crippen molar-refractivity contribution in [3.05, 3.63) is 29.6 Å². The molecular weight excluding hydrogens is 160 g/mol. The van der Waals surface area contributed by atoms with E-state index in [0.29, 0.717) is 6.04 Å². The third-order valence-electron chi connectivity index (χ3n) is 2.77. The van der Waals surface area contributed by atoms with Gasteiger partial charge < -0.3 is 5.73 Å². The Morgan fingerprint density at radius 2 is 2.38 bits per heavy atom. The van der Waals surface area contributed by atoms with Gasteiger partial charge in [0.15, 0.2) is 0 Å². The summed E-state index contributed by atoms with van der Waals surface area (Å²) in [6.07, 6.45) is 5.42. The van der Waals surface area contributed by atoms with Crippen molar-refractivity contribution in [3.63, 3.8) is 0 Å². The number of pyridine rings is 1. The van der Waals surface area contributed by atoms with Crippen LogP contribution in [-0.2, 0) is 6.42 Å². The molecule has 0 saturated heterocycles. The Bertz CT molecular complexity index is 292. The summed E-state index contributed by atoms with van der Waals surface area (Å²) in [5.74, 6) is 0.765. The average Bonchev–Trinajstić information content (AvgIpc) is 2.91. The van der Waals surface area contributed by atoms with Gasteiger partial charge in [0.25, 0.3) is 0 Å². The molecular formula is C11H16N2. The first-order valence-electron chi connectivity index (χ1n) is 4.93. The van der Waals surface area contributed by atoms with Gasteiger partial charge >= 0.3 is 0 Å². The van der Waals surface area contributed by atoms with Crippen molar-refractivity contribution in [3.8, 4) is 0 Å². The van der Waals surface area contributed by atoms with Crippen LogP contribution in [0.1, 0.15) is 24.1 Å². The lowest BCUT2D eigenvalue weighted by Gasteiger charge is -2.10. The summed E-state index contributed by atoms with van der Waals surface area (Å²) in [5, 5.41) is 0. The van der Waals surface area contributed by atoms with Crippen molar-refractivity contribution in [1.29, 1.82) is 0 Å². The second-order valence-electron chi connectivity index (χ2n) is 3.97. The van der Waals surface area contributed by atoms with Crippen molar-refractivity contribution in [2.24, 2.45) is 11.7 Å². The normalized spacial score (nSPS) is 18.6. The summed E-state index contributed by atoms with van der Waals surface area (Å²) >= 11 is 0. The summed E-state index contributed by atoms with van der Waals surface area (Å²) in [4.78, 5) is 4.35. The van der Waals surface area contributed by atoms with Crippen LogP contribution in [0.3, 0.4) is 0 Å². The quantitative estimate of drug-likeness (QED) is 0.761. The van der Waals surface area contributed by atoms with Gasteiger partial charge in [0.2, 0.25) is 0 Å². The smallest absolute Gasteiger partial charge is 0.0448 e. The molecule has 0 aromatic carbocycles. The van der Waals surface area contributed by atoms with Crippen LogP contribution < -0.4 is 5.73 Å². The predicted octanol–water partition coefficient (Wildman–Crippen LogP) is 1.67. The van der Waals surface area contributed by atoms with Gasteiger partial charge in [-0.1, -0.05) is 6.07 Å². The zero-order valence-corrected chi connectivity index (χ0v) is 8.03. The zero-order valence-electron chi connectivity index (χ0n) is 8.03. The van der Waals surface area contributed by atoms with Gasteiger partial charge in [-0.2, -0.15) is 0 Å². The van der Waals surface area contributed by atoms with Gasteiger partial charge in [0, 0.05) is 24.4 Å². The molecule has 2 heteroatoms. The third-order valence-corrected chi connectivity index (χ3v) is 2.77. The maximum atomic E-state index is 6.04. The largest absolute Gasteiger partial charge is 0.327 e. The van der Waals surface area contributed by atoms with Gasteiger partial charge in [-0.3, -0.25) is 4.98 Å². The summed E-state index contributed by atoms with van der Waals surface area (Å²) in [7, 11) is 0. The lowest BCUT2D eigenvalue weighted by Crippen LogP contribution is -2.25. The molecule has 1 heterocycles. The number of nitrogens with two attached hydrogens (primary N) is 1. The Labute approximate surface area is 79.2 Å². The molecule has 70 valence electrons. The van der Waals surface area contributed by atoms with E-state index in [9.17, 15) is 0 Å². The van der Waals surface area contributed by atoms with Gasteiger partial charge in [-0.15, -0.1) is 0 Å². The Balaban J connectivity index is 2.03. The third kappa shape index (κ3) is 2.07. The maximum absolute atomic E-state index is 6.04. The van der Waals surface area contributed by atoms with Crippen LogP contribution in [-0.4, -0.2) is 11.0 Å². The highest BCUT2D eigenvalue weighted by Crippen LogP contribution is 2.32. The first kappa shape index (κ1) is 8.70. The fraction of sp³-hybridized carbons (Fsp3) is 0.545. The molecule has 1 aliphatic rings. The van der Waals surface area contributed by atoms with Crippen molar-refractivity contribution in [2.45, 2.75) is 32.2 Å². The van der Waals surface area contributed by atoms with Crippen LogP contribution >= 0.6 is 0 Å². The van der Waals surface area contributed by atoms with Gasteiger partial charge in [0.1, 0.15) is 0 Å². The molecule has 1 aromatic rings. The Kier molecular flexibility index (Phi) is 2.32. The predicted molar refractivity (Wildman–Crippen MR) is 53.4 cm³/mol. The average molecular weight is 176 g/mol. The minimum Gasteiger partial charge on any atom is -0.327 e. The van der Waals surface area contributed by atoms with E-state index in [-0.39, 0.29) is 0 Å². The summed E-state index contributed by atoms with van der Waals surface area (Å²) in [6, 6.07) is 4.40. The van der Waals surface area contributed by atoms with Crippen molar-refractivity contribution < 1.29 is 0 Å². The van der Waals surface area contributed by atoms with E-state index >= 15 is 0 Å². The first-order chi connectivity index (χ1) is 6.27. The van der Waals surface area contributed by atoms with E-state index < -0.39 is 0 Å². The minimum absolute atomic E-state index is 0.327. The molecule has 1 atom stereocenters. The number of hydrogen-bond acceptors (Lipinski definition) is 2. The number of aryl methyl sites for hydroxylation is 1. The van der Waals surface area contributed by atoms with E-state index in [1.165, 1.54) is 24.1 Å². The van der Waals surface area contributed by atoms with Crippen LogP contribution in [0.5, 0.6) is 0 Å². The van der Waals surface area contributed by atoms with Crippen molar-refractivity contribution in [1.82, 2.24) is 4.98 Å². The molecule has 2 rings (SSSR count). The second-order valence-corrected chi connectivity index (χ2v) is 3.97. The lowest BCUT2D eigenvalue weighted by molar-refractivity contribution is 0.582. The summed E-state index contributed by atoms with van der Waals surface area (Å²) in [6.45, 7) is 2.10. The number of hydrogen-bond donors (Lipinski definition) is 1. The molecule has 1 fully saturated rings. The molecule has 13 heavy (non-hydrogen) atoms. The van der Waals surface area contributed by atoms with Gasteiger partial charge in [0.05, 0.1) is 0 Å². The molecule has 0 spiro atoms. The van der Waals surface area contributed by atoms with Crippen molar-refractivity contribution >= 4 is 0 Å². The second kappa shape index (κ2) is 3.46. The minimum atomic E-state index is 0.327.